The maximum Gasteiger partial charge on any atom is 0.127 e. The minimum atomic E-state index is 0.250. The quantitative estimate of drug-likeness (QED) is 0.0670. The van der Waals surface area contributed by atoms with Gasteiger partial charge < -0.3 is 33.2 Å². The molecule has 10 heteroatoms. The second-order valence-electron chi connectivity index (χ2n) is 13.7. The van der Waals surface area contributed by atoms with E-state index in [1.165, 1.54) is 0 Å². The average molecular weight is 774 g/mol. The Labute approximate surface area is 338 Å². The minimum absolute atomic E-state index is 0.250. The van der Waals surface area contributed by atoms with Gasteiger partial charge in [0.1, 0.15) is 66.9 Å². The normalized spacial score (nSPS) is 17.8. The summed E-state index contributed by atoms with van der Waals surface area (Å²) in [5, 5.41) is 0. The Kier molecular flexibility index (Phi) is 12.9. The number of epoxide rings is 3. The molecule has 3 saturated heterocycles. The summed E-state index contributed by atoms with van der Waals surface area (Å²) in [6.45, 7) is 4.24. The van der Waals surface area contributed by atoms with Gasteiger partial charge in [0.05, 0.1) is 36.9 Å². The molecule has 10 nitrogen and oxygen atoms in total. The van der Waals surface area contributed by atoms with Gasteiger partial charge in [0.15, 0.2) is 0 Å². The summed E-state index contributed by atoms with van der Waals surface area (Å²) in [4.78, 5) is 13.5. The molecule has 3 unspecified atom stereocenters. The second kappa shape index (κ2) is 19.5. The smallest absolute Gasteiger partial charge is 0.127 e. The highest BCUT2D eigenvalue weighted by atomic mass is 16.6. The molecule has 3 aliphatic rings. The molecule has 3 heterocycles. The van der Waals surface area contributed by atoms with Gasteiger partial charge in [-0.1, -0.05) is 18.2 Å². The van der Waals surface area contributed by atoms with Crippen molar-refractivity contribution in [1.29, 1.82) is 0 Å². The number of nitrogens with zero attached hydrogens (tertiary/aromatic N) is 3. The van der Waals surface area contributed by atoms with Crippen LogP contribution in [0.2, 0.25) is 0 Å². The third kappa shape index (κ3) is 13.0. The van der Waals surface area contributed by atoms with Crippen molar-refractivity contribution < 1.29 is 33.2 Å². The van der Waals surface area contributed by atoms with E-state index < -0.39 is 0 Å². The summed E-state index contributed by atoms with van der Waals surface area (Å²) in [5.74, 6) is 4.01. The Hall–Kier alpha value is -6.59. The van der Waals surface area contributed by atoms with Gasteiger partial charge >= 0.3 is 0 Å². The molecule has 9 rings (SSSR count). The SMILES string of the molecule is C(=Nc1ccc(Oc2ccc(N=Cc3ccc(OCC4CO4)cc3)cc2)cc1)c1ccc(OCC2CO2)cc1.C(=Nc1ccccc1)c1ccc(OCC2CO2)cc1. The highest BCUT2D eigenvalue weighted by molar-refractivity contribution is 5.83. The Morgan fingerprint density at radius 1 is 0.379 bits per heavy atom. The monoisotopic (exact) mass is 773 g/mol. The fourth-order valence-corrected chi connectivity index (χ4v) is 5.31. The van der Waals surface area contributed by atoms with Crippen molar-refractivity contribution >= 4 is 35.7 Å². The van der Waals surface area contributed by atoms with Crippen molar-refractivity contribution in [2.45, 2.75) is 18.3 Å². The molecule has 58 heavy (non-hydrogen) atoms. The van der Waals surface area contributed by atoms with E-state index in [9.17, 15) is 0 Å². The molecule has 3 atom stereocenters. The van der Waals surface area contributed by atoms with Gasteiger partial charge in [0, 0.05) is 18.6 Å². The number of ether oxygens (including phenoxy) is 7. The van der Waals surface area contributed by atoms with E-state index in [1.807, 2.05) is 170 Å². The lowest BCUT2D eigenvalue weighted by molar-refractivity contribution is 0.263. The van der Waals surface area contributed by atoms with E-state index in [4.69, 9.17) is 33.2 Å². The lowest BCUT2D eigenvalue weighted by atomic mass is 10.2. The number of rotatable bonds is 17. The number of hydrogen-bond donors (Lipinski definition) is 0. The molecule has 6 aromatic carbocycles. The summed E-state index contributed by atoms with van der Waals surface area (Å²) in [7, 11) is 0. The molecule has 0 spiro atoms. The van der Waals surface area contributed by atoms with Crippen LogP contribution >= 0.6 is 0 Å². The lowest BCUT2D eigenvalue weighted by Gasteiger charge is -2.06. The molecule has 0 saturated carbocycles. The van der Waals surface area contributed by atoms with Crippen LogP contribution in [0.4, 0.5) is 17.1 Å². The molecule has 292 valence electrons. The van der Waals surface area contributed by atoms with Crippen LogP contribution in [0.5, 0.6) is 28.7 Å². The Bertz CT molecular complexity index is 2140. The van der Waals surface area contributed by atoms with Crippen LogP contribution in [-0.2, 0) is 14.2 Å². The zero-order chi connectivity index (χ0) is 39.2. The molecular weight excluding hydrogens is 731 g/mol. The molecule has 0 aliphatic carbocycles. The first kappa shape index (κ1) is 38.3. The van der Waals surface area contributed by atoms with E-state index in [2.05, 4.69) is 15.0 Å². The van der Waals surface area contributed by atoms with Crippen LogP contribution in [0, 0.1) is 0 Å². The van der Waals surface area contributed by atoms with Crippen LogP contribution in [-0.4, -0.2) is 76.6 Å². The Morgan fingerprint density at radius 3 is 0.983 bits per heavy atom. The largest absolute Gasteiger partial charge is 0.491 e. The first-order valence-corrected chi connectivity index (χ1v) is 19.2. The van der Waals surface area contributed by atoms with Crippen molar-refractivity contribution in [2.75, 3.05) is 39.6 Å². The van der Waals surface area contributed by atoms with E-state index in [0.717, 1.165) is 82.3 Å². The minimum Gasteiger partial charge on any atom is -0.491 e. The van der Waals surface area contributed by atoms with Gasteiger partial charge in [-0.2, -0.15) is 0 Å². The second-order valence-corrected chi connectivity index (χ2v) is 13.7. The molecule has 6 aromatic rings. The average Bonchev–Trinajstić information content (AvgIpc) is 4.12. The van der Waals surface area contributed by atoms with E-state index in [0.29, 0.717) is 25.9 Å². The van der Waals surface area contributed by atoms with E-state index >= 15 is 0 Å². The van der Waals surface area contributed by atoms with Gasteiger partial charge in [-0.25, -0.2) is 0 Å². The molecule has 3 aliphatic heterocycles. The van der Waals surface area contributed by atoms with Crippen molar-refractivity contribution in [1.82, 2.24) is 0 Å². The van der Waals surface area contributed by atoms with E-state index in [-0.39, 0.29) is 12.2 Å². The van der Waals surface area contributed by atoms with Gasteiger partial charge in [0.2, 0.25) is 0 Å². The Morgan fingerprint density at radius 2 is 0.672 bits per heavy atom. The number of benzene rings is 6. The molecule has 0 bridgehead atoms. The summed E-state index contributed by atoms with van der Waals surface area (Å²) >= 11 is 0. The zero-order valence-corrected chi connectivity index (χ0v) is 31.8. The fourth-order valence-electron chi connectivity index (χ4n) is 5.31. The molecule has 0 aromatic heterocycles. The van der Waals surface area contributed by atoms with Crippen LogP contribution in [0.25, 0.3) is 0 Å². The molecule has 0 amide bonds. The van der Waals surface area contributed by atoms with Crippen molar-refractivity contribution in [3.05, 3.63) is 168 Å². The topological polar surface area (TPSA) is 112 Å². The van der Waals surface area contributed by atoms with Gasteiger partial charge in [-0.05, 0) is 150 Å². The number of para-hydroxylation sites is 1. The molecule has 0 radical (unpaired) electrons. The lowest BCUT2D eigenvalue weighted by Crippen LogP contribution is -2.03. The van der Waals surface area contributed by atoms with Crippen LogP contribution in [0.15, 0.2) is 167 Å². The molecular formula is C48H43N3O7. The molecule has 3 fully saturated rings. The van der Waals surface area contributed by atoms with Crippen LogP contribution in [0.3, 0.4) is 0 Å². The first-order valence-electron chi connectivity index (χ1n) is 19.2. The highest BCUT2D eigenvalue weighted by Gasteiger charge is 2.24. The van der Waals surface area contributed by atoms with Crippen LogP contribution < -0.4 is 18.9 Å². The fraction of sp³-hybridized carbons (Fsp3) is 0.188. The Balaban J connectivity index is 0.000000206. The summed E-state index contributed by atoms with van der Waals surface area (Å²) < 4.78 is 38.3. The third-order valence-electron chi connectivity index (χ3n) is 8.91. The number of hydrogen-bond acceptors (Lipinski definition) is 10. The summed E-state index contributed by atoms with van der Waals surface area (Å²) in [6, 6.07) is 48.8. The van der Waals surface area contributed by atoms with Crippen molar-refractivity contribution in [3.8, 4) is 28.7 Å². The van der Waals surface area contributed by atoms with Crippen molar-refractivity contribution in [2.24, 2.45) is 15.0 Å². The molecule has 0 N–H and O–H groups in total. The van der Waals surface area contributed by atoms with Crippen molar-refractivity contribution in [3.63, 3.8) is 0 Å². The third-order valence-corrected chi connectivity index (χ3v) is 8.91. The predicted molar refractivity (Wildman–Crippen MR) is 226 cm³/mol. The van der Waals surface area contributed by atoms with Gasteiger partial charge in [0.25, 0.3) is 0 Å². The predicted octanol–water partition coefficient (Wildman–Crippen LogP) is 9.75. The van der Waals surface area contributed by atoms with Gasteiger partial charge in [-0.3, -0.25) is 15.0 Å². The van der Waals surface area contributed by atoms with Crippen LogP contribution in [0.1, 0.15) is 16.7 Å². The van der Waals surface area contributed by atoms with E-state index in [1.54, 1.807) is 0 Å². The summed E-state index contributed by atoms with van der Waals surface area (Å²) in [5.41, 5.74) is 5.69. The maximum atomic E-state index is 5.98. The summed E-state index contributed by atoms with van der Waals surface area (Å²) in [6.07, 6.45) is 6.30. The maximum absolute atomic E-state index is 5.98. The van der Waals surface area contributed by atoms with Gasteiger partial charge in [-0.15, -0.1) is 0 Å². The number of aliphatic imine (C=N–C) groups is 3. The zero-order valence-electron chi connectivity index (χ0n) is 31.8. The standard InChI is InChI=1S/C32H28N2O5.C16H15NO2/c1-9-27(35-19-31-21-37-31)10-2-23(1)17-33-25-5-13-29(14-6-25)39-30-15-7-26(8-16-30)34-18-24-3-11-28(12-4-24)36-20-32-22-38-32;1-2-4-14(5-3-1)17-10-13-6-8-15(9-7-13)18-11-16-12-19-16/h1-18,31-32H,19-22H2;1-10,16H,11-12H2. The highest BCUT2D eigenvalue weighted by Crippen LogP contribution is 2.27. The first-order chi connectivity index (χ1) is 28.6.